The van der Waals surface area contributed by atoms with E-state index >= 15 is 0 Å². The first-order valence-electron chi connectivity index (χ1n) is 11.0. The van der Waals surface area contributed by atoms with Gasteiger partial charge < -0.3 is 10.1 Å². The SMILES string of the molecule is CC(c1cn(S(=O)(=O)c2ccccc2)c2ccc(Oc3ccccc3)cc12)C1CCCN1. The molecule has 0 radical (unpaired) electrons. The number of rotatable bonds is 6. The molecule has 5 nitrogen and oxygen atoms in total. The molecule has 1 N–H and O–H groups in total. The van der Waals surface area contributed by atoms with Crippen molar-refractivity contribution in [3.8, 4) is 11.5 Å². The Balaban J connectivity index is 1.64. The zero-order chi connectivity index (χ0) is 22.1. The molecule has 0 aliphatic carbocycles. The molecule has 2 unspecified atom stereocenters. The highest BCUT2D eigenvalue weighted by Gasteiger charge is 2.28. The third-order valence-corrected chi connectivity index (χ3v) is 7.93. The van der Waals surface area contributed by atoms with Crippen molar-refractivity contribution in [1.82, 2.24) is 9.29 Å². The summed E-state index contributed by atoms with van der Waals surface area (Å²) in [6, 6.07) is 24.1. The van der Waals surface area contributed by atoms with Gasteiger partial charge in [-0.15, -0.1) is 0 Å². The maximum absolute atomic E-state index is 13.5. The van der Waals surface area contributed by atoms with Crippen molar-refractivity contribution in [3.05, 3.63) is 90.6 Å². The Labute approximate surface area is 188 Å². The molecule has 6 heteroatoms. The van der Waals surface area contributed by atoms with E-state index in [0.717, 1.165) is 36.1 Å². The quantitative estimate of drug-likeness (QED) is 0.423. The van der Waals surface area contributed by atoms with Gasteiger partial charge in [0.1, 0.15) is 11.5 Å². The smallest absolute Gasteiger partial charge is 0.268 e. The molecule has 0 spiro atoms. The van der Waals surface area contributed by atoms with E-state index in [1.54, 1.807) is 30.5 Å². The highest BCUT2D eigenvalue weighted by molar-refractivity contribution is 7.90. The molecule has 1 saturated heterocycles. The Kier molecular flexibility index (Phi) is 5.49. The van der Waals surface area contributed by atoms with Crippen LogP contribution in [0.5, 0.6) is 11.5 Å². The van der Waals surface area contributed by atoms with Crippen LogP contribution in [0.2, 0.25) is 0 Å². The van der Waals surface area contributed by atoms with Crippen molar-refractivity contribution in [1.29, 1.82) is 0 Å². The molecule has 5 rings (SSSR count). The molecule has 1 aliphatic heterocycles. The van der Waals surface area contributed by atoms with Gasteiger partial charge in [-0.3, -0.25) is 0 Å². The lowest BCUT2D eigenvalue weighted by atomic mass is 9.92. The van der Waals surface area contributed by atoms with Crippen LogP contribution in [0, 0.1) is 0 Å². The van der Waals surface area contributed by atoms with E-state index < -0.39 is 10.0 Å². The zero-order valence-electron chi connectivity index (χ0n) is 17.9. The number of para-hydroxylation sites is 1. The van der Waals surface area contributed by atoms with Crippen molar-refractivity contribution in [3.63, 3.8) is 0 Å². The van der Waals surface area contributed by atoms with Crippen LogP contribution >= 0.6 is 0 Å². The van der Waals surface area contributed by atoms with Crippen molar-refractivity contribution >= 4 is 20.9 Å². The van der Waals surface area contributed by atoms with Crippen molar-refractivity contribution in [2.45, 2.75) is 36.6 Å². The average Bonchev–Trinajstić information content (AvgIpc) is 3.49. The van der Waals surface area contributed by atoms with E-state index in [0.29, 0.717) is 17.3 Å². The second-order valence-electron chi connectivity index (χ2n) is 8.28. The summed E-state index contributed by atoms with van der Waals surface area (Å²) >= 11 is 0. The molecule has 1 aromatic heterocycles. The summed E-state index contributed by atoms with van der Waals surface area (Å²) in [7, 11) is -3.72. The molecule has 2 heterocycles. The van der Waals surface area contributed by atoms with Crippen LogP contribution in [0.4, 0.5) is 0 Å². The van der Waals surface area contributed by atoms with Crippen LogP contribution in [0.15, 0.2) is 90.0 Å². The Morgan fingerprint density at radius 2 is 1.69 bits per heavy atom. The Morgan fingerprint density at radius 3 is 2.38 bits per heavy atom. The van der Waals surface area contributed by atoms with Crippen LogP contribution < -0.4 is 10.1 Å². The normalized spacial score (nSPS) is 17.5. The first-order chi connectivity index (χ1) is 15.5. The fraction of sp³-hybridized carbons (Fsp3) is 0.231. The van der Waals surface area contributed by atoms with Crippen LogP contribution in [0.25, 0.3) is 10.9 Å². The molecule has 0 bridgehead atoms. The molecule has 32 heavy (non-hydrogen) atoms. The first-order valence-corrected chi connectivity index (χ1v) is 12.4. The van der Waals surface area contributed by atoms with Crippen molar-refractivity contribution in [2.24, 2.45) is 0 Å². The van der Waals surface area contributed by atoms with Crippen LogP contribution in [-0.4, -0.2) is 25.0 Å². The van der Waals surface area contributed by atoms with Crippen LogP contribution in [-0.2, 0) is 10.0 Å². The molecule has 164 valence electrons. The summed E-state index contributed by atoms with van der Waals surface area (Å²) in [5.41, 5.74) is 1.67. The van der Waals surface area contributed by atoms with Crippen molar-refractivity contribution < 1.29 is 13.2 Å². The minimum Gasteiger partial charge on any atom is -0.457 e. The van der Waals surface area contributed by atoms with E-state index in [2.05, 4.69) is 12.2 Å². The number of fused-ring (bicyclic) bond motifs is 1. The number of ether oxygens (including phenoxy) is 1. The summed E-state index contributed by atoms with van der Waals surface area (Å²) < 4.78 is 34.5. The highest BCUT2D eigenvalue weighted by atomic mass is 32.2. The summed E-state index contributed by atoms with van der Waals surface area (Å²) in [5.74, 6) is 1.60. The lowest BCUT2D eigenvalue weighted by Crippen LogP contribution is -2.27. The lowest BCUT2D eigenvalue weighted by Gasteiger charge is -2.19. The maximum atomic E-state index is 13.5. The highest BCUT2D eigenvalue weighted by Crippen LogP contribution is 2.36. The Morgan fingerprint density at radius 1 is 0.969 bits per heavy atom. The number of benzene rings is 3. The number of nitrogens with zero attached hydrogens (tertiary/aromatic N) is 1. The molecular weight excluding hydrogens is 420 g/mol. The summed E-state index contributed by atoms with van der Waals surface area (Å²) in [6.07, 6.45) is 4.02. The topological polar surface area (TPSA) is 60.3 Å². The molecule has 1 fully saturated rings. The van der Waals surface area contributed by atoms with Gasteiger partial charge in [-0.2, -0.15) is 0 Å². The zero-order valence-corrected chi connectivity index (χ0v) is 18.8. The number of aromatic nitrogens is 1. The number of nitrogens with one attached hydrogen (secondary N) is 1. The van der Waals surface area contributed by atoms with Gasteiger partial charge in [-0.05, 0) is 73.3 Å². The molecule has 0 saturated carbocycles. The Bertz CT molecular complexity index is 1330. The van der Waals surface area contributed by atoms with E-state index in [1.165, 1.54) is 3.97 Å². The predicted octanol–water partition coefficient (Wildman–Crippen LogP) is 5.53. The molecule has 2 atom stereocenters. The van der Waals surface area contributed by atoms with E-state index in [1.807, 2.05) is 54.6 Å². The minimum absolute atomic E-state index is 0.166. The van der Waals surface area contributed by atoms with E-state index in [-0.39, 0.29) is 10.8 Å². The largest absolute Gasteiger partial charge is 0.457 e. The van der Waals surface area contributed by atoms with Crippen LogP contribution in [0.3, 0.4) is 0 Å². The third-order valence-electron chi connectivity index (χ3n) is 6.24. The van der Waals surface area contributed by atoms with Gasteiger partial charge in [0.2, 0.25) is 0 Å². The predicted molar refractivity (Wildman–Crippen MR) is 127 cm³/mol. The Hall–Kier alpha value is -3.09. The van der Waals surface area contributed by atoms with Gasteiger partial charge in [-0.1, -0.05) is 43.3 Å². The van der Waals surface area contributed by atoms with Crippen molar-refractivity contribution in [2.75, 3.05) is 6.54 Å². The number of hydrogen-bond donors (Lipinski definition) is 1. The summed E-state index contributed by atoms with van der Waals surface area (Å²) in [6.45, 7) is 3.17. The molecule has 4 aromatic rings. The van der Waals surface area contributed by atoms with Gasteiger partial charge in [-0.25, -0.2) is 12.4 Å². The molecule has 1 aliphatic rings. The van der Waals surface area contributed by atoms with Gasteiger partial charge in [0.25, 0.3) is 10.0 Å². The van der Waals surface area contributed by atoms with Gasteiger partial charge >= 0.3 is 0 Å². The molecular formula is C26H26N2O3S. The lowest BCUT2D eigenvalue weighted by molar-refractivity contribution is 0.483. The average molecular weight is 447 g/mol. The van der Waals surface area contributed by atoms with Crippen LogP contribution in [0.1, 0.15) is 31.2 Å². The minimum atomic E-state index is -3.72. The number of hydrogen-bond acceptors (Lipinski definition) is 4. The summed E-state index contributed by atoms with van der Waals surface area (Å²) in [5, 5.41) is 4.47. The maximum Gasteiger partial charge on any atom is 0.268 e. The second-order valence-corrected chi connectivity index (χ2v) is 10.1. The van der Waals surface area contributed by atoms with E-state index in [4.69, 9.17) is 4.74 Å². The summed E-state index contributed by atoms with van der Waals surface area (Å²) in [4.78, 5) is 0.278. The second kappa shape index (κ2) is 8.45. The third kappa shape index (κ3) is 3.80. The monoisotopic (exact) mass is 446 g/mol. The molecule has 0 amide bonds. The molecule has 3 aromatic carbocycles. The van der Waals surface area contributed by atoms with E-state index in [9.17, 15) is 8.42 Å². The standard InChI is InChI=1S/C26H26N2O3S/c1-19(25-13-8-16-27-25)24-18-28(32(29,30)22-11-6-3-7-12-22)26-15-14-21(17-23(24)26)31-20-9-4-2-5-10-20/h2-7,9-12,14-15,17-19,25,27H,8,13,16H2,1H3. The van der Waals surface area contributed by atoms with Gasteiger partial charge in [0, 0.05) is 17.6 Å². The fourth-order valence-corrected chi connectivity index (χ4v) is 5.91. The fourth-order valence-electron chi connectivity index (χ4n) is 4.51. The first kappa shape index (κ1) is 20.8. The van der Waals surface area contributed by atoms with Gasteiger partial charge in [0.05, 0.1) is 10.4 Å². The van der Waals surface area contributed by atoms with Gasteiger partial charge in [0.15, 0.2) is 0 Å².